The number of nitrogens with zero attached hydrogens (tertiary/aromatic N) is 1. The third-order valence-corrected chi connectivity index (χ3v) is 1.30. The van der Waals surface area contributed by atoms with Crippen molar-refractivity contribution in [2.45, 2.75) is 13.8 Å². The van der Waals surface area contributed by atoms with Crippen molar-refractivity contribution in [2.75, 3.05) is 0 Å². The zero-order chi connectivity index (χ0) is 7.72. The molecule has 0 atom stereocenters. The quantitative estimate of drug-likeness (QED) is 0.441. The van der Waals surface area contributed by atoms with Crippen LogP contribution in [-0.2, 0) is 0 Å². The van der Waals surface area contributed by atoms with Crippen LogP contribution in [0, 0.1) is 19.3 Å². The molecule has 0 aliphatic carbocycles. The molecule has 0 radical (unpaired) electrons. The first-order valence-electron chi connectivity index (χ1n) is 2.90. The molecule has 1 aromatic rings. The van der Waals surface area contributed by atoms with Crippen LogP contribution in [0.15, 0.2) is 4.52 Å². The lowest BCUT2D eigenvalue weighted by Crippen LogP contribution is -2.12. The number of nitrogens with two attached hydrogens (primary N) is 1. The van der Waals surface area contributed by atoms with Gasteiger partial charge in [-0.15, -0.1) is 0 Å². The van der Waals surface area contributed by atoms with Crippen LogP contribution in [0.1, 0.15) is 17.0 Å². The van der Waals surface area contributed by atoms with Crippen LogP contribution >= 0.6 is 0 Å². The fourth-order valence-electron chi connectivity index (χ4n) is 0.868. The Morgan fingerprint density at radius 2 is 2.20 bits per heavy atom. The van der Waals surface area contributed by atoms with Crippen LogP contribution in [0.5, 0.6) is 0 Å². The molecule has 10 heavy (non-hydrogen) atoms. The van der Waals surface area contributed by atoms with Gasteiger partial charge in [0.15, 0.2) is 0 Å². The van der Waals surface area contributed by atoms with Crippen LogP contribution in [0.2, 0.25) is 0 Å². The number of hydrogen-bond donors (Lipinski definition) is 2. The van der Waals surface area contributed by atoms with Gasteiger partial charge in [0, 0.05) is 0 Å². The smallest absolute Gasteiger partial charge is 0.144 e. The fraction of sp³-hybridized carbons (Fsp3) is 0.333. The minimum atomic E-state index is 0.0104. The Bertz CT molecular complexity index is 244. The highest BCUT2D eigenvalue weighted by Crippen LogP contribution is 2.09. The number of nitrogens with one attached hydrogen (secondary N) is 1. The van der Waals surface area contributed by atoms with Crippen LogP contribution in [-0.4, -0.2) is 11.0 Å². The zero-order valence-electron chi connectivity index (χ0n) is 5.93. The molecule has 0 bridgehead atoms. The number of rotatable bonds is 1. The minimum absolute atomic E-state index is 0.0104. The molecule has 1 heterocycles. The molecule has 4 heteroatoms. The van der Waals surface area contributed by atoms with Gasteiger partial charge in [-0.3, -0.25) is 5.41 Å². The van der Waals surface area contributed by atoms with E-state index in [4.69, 9.17) is 15.7 Å². The lowest BCUT2D eigenvalue weighted by atomic mass is 10.2. The molecule has 0 spiro atoms. The molecular formula is C6H9N3O. The summed E-state index contributed by atoms with van der Waals surface area (Å²) in [6, 6.07) is 0. The SMILES string of the molecule is Cc1noc(C)c1C(=N)N. The van der Waals surface area contributed by atoms with Crippen LogP contribution in [0.4, 0.5) is 0 Å². The van der Waals surface area contributed by atoms with E-state index in [1.807, 2.05) is 0 Å². The lowest BCUT2D eigenvalue weighted by Gasteiger charge is -1.91. The summed E-state index contributed by atoms with van der Waals surface area (Å²) >= 11 is 0. The molecule has 1 rings (SSSR count). The highest BCUT2D eigenvalue weighted by molar-refractivity contribution is 5.96. The molecule has 0 aliphatic rings. The van der Waals surface area contributed by atoms with E-state index in [0.29, 0.717) is 17.0 Å². The normalized spacial score (nSPS) is 9.80. The van der Waals surface area contributed by atoms with Gasteiger partial charge in [0.05, 0.1) is 11.3 Å². The van der Waals surface area contributed by atoms with Gasteiger partial charge >= 0.3 is 0 Å². The van der Waals surface area contributed by atoms with E-state index in [0.717, 1.165) is 0 Å². The van der Waals surface area contributed by atoms with Crippen molar-refractivity contribution in [1.82, 2.24) is 5.16 Å². The van der Waals surface area contributed by atoms with Crippen LogP contribution in [0.25, 0.3) is 0 Å². The average Bonchev–Trinajstić information content (AvgIpc) is 2.11. The molecule has 3 N–H and O–H groups in total. The molecule has 0 unspecified atom stereocenters. The molecule has 0 saturated heterocycles. The van der Waals surface area contributed by atoms with E-state index >= 15 is 0 Å². The van der Waals surface area contributed by atoms with Crippen molar-refractivity contribution >= 4 is 5.84 Å². The molecular weight excluding hydrogens is 130 g/mol. The van der Waals surface area contributed by atoms with Crippen molar-refractivity contribution in [3.05, 3.63) is 17.0 Å². The van der Waals surface area contributed by atoms with Crippen LogP contribution in [0.3, 0.4) is 0 Å². The maximum Gasteiger partial charge on any atom is 0.144 e. The standard InChI is InChI=1S/C6H9N3O/c1-3-5(6(7)8)4(2)10-9-3/h1-2H3,(H3,7,8). The van der Waals surface area contributed by atoms with E-state index in [1.165, 1.54) is 0 Å². The van der Waals surface area contributed by atoms with E-state index < -0.39 is 0 Å². The van der Waals surface area contributed by atoms with Gasteiger partial charge in [-0.1, -0.05) is 5.16 Å². The monoisotopic (exact) mass is 139 g/mol. The van der Waals surface area contributed by atoms with Crippen molar-refractivity contribution in [3.8, 4) is 0 Å². The Labute approximate surface area is 58.5 Å². The topological polar surface area (TPSA) is 75.9 Å². The summed E-state index contributed by atoms with van der Waals surface area (Å²) in [6.45, 7) is 3.49. The number of amidine groups is 1. The van der Waals surface area contributed by atoms with Crippen molar-refractivity contribution in [2.24, 2.45) is 5.73 Å². The predicted molar refractivity (Wildman–Crippen MR) is 37.0 cm³/mol. The Balaban J connectivity index is 3.23. The van der Waals surface area contributed by atoms with Gasteiger partial charge in [-0.05, 0) is 13.8 Å². The largest absolute Gasteiger partial charge is 0.384 e. The molecule has 54 valence electrons. The van der Waals surface area contributed by atoms with E-state index in [-0.39, 0.29) is 5.84 Å². The number of nitrogen functional groups attached to an aromatic ring is 1. The Hall–Kier alpha value is -1.32. The number of aromatic nitrogens is 1. The highest BCUT2D eigenvalue weighted by atomic mass is 16.5. The second-order valence-electron chi connectivity index (χ2n) is 2.11. The highest BCUT2D eigenvalue weighted by Gasteiger charge is 2.10. The summed E-state index contributed by atoms with van der Waals surface area (Å²) in [4.78, 5) is 0. The zero-order valence-corrected chi connectivity index (χ0v) is 5.93. The number of hydrogen-bond acceptors (Lipinski definition) is 3. The minimum Gasteiger partial charge on any atom is -0.384 e. The predicted octanol–water partition coefficient (Wildman–Crippen LogP) is 0.576. The second kappa shape index (κ2) is 2.13. The summed E-state index contributed by atoms with van der Waals surface area (Å²) in [5.74, 6) is 0.612. The van der Waals surface area contributed by atoms with Gasteiger partial charge in [0.1, 0.15) is 11.6 Å². The molecule has 1 aromatic heterocycles. The Kier molecular flexibility index (Phi) is 1.45. The molecule has 0 aromatic carbocycles. The van der Waals surface area contributed by atoms with Gasteiger partial charge < -0.3 is 10.3 Å². The van der Waals surface area contributed by atoms with Crippen LogP contribution < -0.4 is 5.73 Å². The molecule has 0 amide bonds. The van der Waals surface area contributed by atoms with E-state index in [2.05, 4.69) is 5.16 Å². The molecule has 0 fully saturated rings. The van der Waals surface area contributed by atoms with Gasteiger partial charge in [-0.2, -0.15) is 0 Å². The summed E-state index contributed by atoms with van der Waals surface area (Å²) in [5.41, 5.74) is 6.53. The van der Waals surface area contributed by atoms with Crippen molar-refractivity contribution in [1.29, 1.82) is 5.41 Å². The van der Waals surface area contributed by atoms with Gasteiger partial charge in [-0.25, -0.2) is 0 Å². The van der Waals surface area contributed by atoms with Crippen molar-refractivity contribution in [3.63, 3.8) is 0 Å². The summed E-state index contributed by atoms with van der Waals surface area (Å²) in [5, 5.41) is 10.8. The van der Waals surface area contributed by atoms with E-state index in [1.54, 1.807) is 13.8 Å². The first-order chi connectivity index (χ1) is 4.63. The average molecular weight is 139 g/mol. The molecule has 0 saturated carbocycles. The van der Waals surface area contributed by atoms with E-state index in [9.17, 15) is 0 Å². The molecule has 4 nitrogen and oxygen atoms in total. The number of aryl methyl sites for hydroxylation is 2. The lowest BCUT2D eigenvalue weighted by molar-refractivity contribution is 0.393. The van der Waals surface area contributed by atoms with Crippen molar-refractivity contribution < 1.29 is 4.52 Å². The van der Waals surface area contributed by atoms with Gasteiger partial charge in [0.25, 0.3) is 0 Å². The Morgan fingerprint density at radius 1 is 1.60 bits per heavy atom. The third-order valence-electron chi connectivity index (χ3n) is 1.30. The summed E-state index contributed by atoms with van der Waals surface area (Å²) in [6.07, 6.45) is 0. The summed E-state index contributed by atoms with van der Waals surface area (Å²) < 4.78 is 4.79. The van der Waals surface area contributed by atoms with Gasteiger partial charge in [0.2, 0.25) is 0 Å². The maximum atomic E-state index is 7.11. The third kappa shape index (κ3) is 0.877. The second-order valence-corrected chi connectivity index (χ2v) is 2.11. The first kappa shape index (κ1) is 6.80. The summed E-state index contributed by atoms with van der Waals surface area (Å²) in [7, 11) is 0. The Morgan fingerprint density at radius 3 is 2.40 bits per heavy atom. The fourth-order valence-corrected chi connectivity index (χ4v) is 0.868. The molecule has 0 aliphatic heterocycles. The first-order valence-corrected chi connectivity index (χ1v) is 2.90. The maximum absolute atomic E-state index is 7.11.